The lowest BCUT2D eigenvalue weighted by Gasteiger charge is -2.53. The Bertz CT molecular complexity index is 999. The van der Waals surface area contributed by atoms with Crippen molar-refractivity contribution in [1.29, 1.82) is 0 Å². The lowest BCUT2D eigenvalue weighted by atomic mass is 9.68. The van der Waals surface area contributed by atoms with Crippen LogP contribution in [-0.4, -0.2) is 64.3 Å². The monoisotopic (exact) mass is 548 g/mol. The van der Waals surface area contributed by atoms with Crippen molar-refractivity contribution in [3.8, 4) is 0 Å². The zero-order valence-electron chi connectivity index (χ0n) is 25.8. The minimum absolute atomic E-state index is 0.138. The highest BCUT2D eigenvalue weighted by Gasteiger charge is 2.80. The van der Waals surface area contributed by atoms with Gasteiger partial charge in [-0.25, -0.2) is 0 Å². The van der Waals surface area contributed by atoms with Crippen molar-refractivity contribution in [1.82, 2.24) is 8.67 Å². The van der Waals surface area contributed by atoms with E-state index in [4.69, 9.17) is 0 Å². The quantitative estimate of drug-likeness (QED) is 0.252. The fourth-order valence-corrected chi connectivity index (χ4v) is 36.7. The molecule has 0 spiro atoms. The number of fused-ring (bicyclic) bond motifs is 2. The zero-order chi connectivity index (χ0) is 26.9. The van der Waals surface area contributed by atoms with Crippen molar-refractivity contribution in [3.05, 3.63) is 46.1 Å². The maximum absolute atomic E-state index is 3.09. The number of rotatable bonds is 2. The Morgan fingerprint density at radius 1 is 0.629 bits per heavy atom. The maximum atomic E-state index is 3.09. The van der Waals surface area contributed by atoms with E-state index in [1.54, 1.807) is 0 Å². The SMILES string of the molecule is CC1=CC2(C(C)(C)C34C=C(C)C=C3[P+](C)(C)N(C(C)(C)C)[SiH]4C)C(=C1)[P+](C)(C)N(C(C)(C)C)[SiH]2C. The van der Waals surface area contributed by atoms with Gasteiger partial charge in [-0.05, 0) is 73.0 Å². The highest BCUT2D eigenvalue weighted by molar-refractivity contribution is 7.79. The van der Waals surface area contributed by atoms with E-state index in [1.807, 2.05) is 10.6 Å². The Morgan fingerprint density at radius 2 is 0.914 bits per heavy atom. The largest absolute Gasteiger partial charge is 0.199 e. The van der Waals surface area contributed by atoms with Crippen LogP contribution in [0.1, 0.15) is 69.2 Å². The van der Waals surface area contributed by atoms with Crippen molar-refractivity contribution in [2.45, 2.75) is 103 Å². The molecular formula is C29H54N2P2Si2+2. The normalized spacial score (nSPS) is 37.1. The smallest absolute Gasteiger partial charge is 0.174 e. The first-order chi connectivity index (χ1) is 15.5. The fraction of sp³-hybridized carbons (Fsp3) is 0.724. The van der Waals surface area contributed by atoms with Crippen LogP contribution in [0.5, 0.6) is 0 Å². The third kappa shape index (κ3) is 3.26. The van der Waals surface area contributed by atoms with Gasteiger partial charge in [0.25, 0.3) is 0 Å². The highest BCUT2D eigenvalue weighted by Crippen LogP contribution is 2.92. The number of hydrogen-bond acceptors (Lipinski definition) is 2. The molecule has 4 rings (SSSR count). The molecule has 0 saturated carbocycles. The Kier molecular flexibility index (Phi) is 6.15. The maximum Gasteiger partial charge on any atom is 0.174 e. The van der Waals surface area contributed by atoms with Crippen molar-refractivity contribution in [2.24, 2.45) is 5.41 Å². The molecule has 0 amide bonds. The minimum Gasteiger partial charge on any atom is -0.199 e. The van der Waals surface area contributed by atoms with Crippen LogP contribution in [0.4, 0.5) is 0 Å². The van der Waals surface area contributed by atoms with Gasteiger partial charge >= 0.3 is 0 Å². The van der Waals surface area contributed by atoms with E-state index in [0.717, 1.165) is 0 Å². The van der Waals surface area contributed by atoms with Crippen LogP contribution in [0, 0.1) is 5.41 Å². The van der Waals surface area contributed by atoms with Gasteiger partial charge in [-0.3, -0.25) is 0 Å². The highest BCUT2D eigenvalue weighted by atomic mass is 31.2. The van der Waals surface area contributed by atoms with Gasteiger partial charge in [0.15, 0.2) is 17.9 Å². The molecule has 2 aliphatic heterocycles. The molecule has 2 nitrogen and oxygen atoms in total. The summed E-state index contributed by atoms with van der Waals surface area (Å²) in [7, 11) is -5.59. The Balaban J connectivity index is 2.05. The molecule has 196 valence electrons. The summed E-state index contributed by atoms with van der Waals surface area (Å²) >= 11 is 0. The van der Waals surface area contributed by atoms with Crippen LogP contribution in [0.25, 0.3) is 0 Å². The lowest BCUT2D eigenvalue weighted by Crippen LogP contribution is -2.57. The summed E-state index contributed by atoms with van der Waals surface area (Å²) in [4.78, 5) is 0. The summed E-state index contributed by atoms with van der Waals surface area (Å²) in [5.74, 6) is 0. The number of hydrogen-bond donors (Lipinski definition) is 0. The molecule has 0 radical (unpaired) electrons. The van der Waals surface area contributed by atoms with Crippen molar-refractivity contribution in [3.63, 3.8) is 0 Å². The molecule has 2 heterocycles. The van der Waals surface area contributed by atoms with E-state index in [2.05, 4.69) is 142 Å². The van der Waals surface area contributed by atoms with Crippen molar-refractivity contribution >= 4 is 32.7 Å². The molecule has 0 aromatic carbocycles. The minimum atomic E-state index is -1.40. The van der Waals surface area contributed by atoms with Gasteiger partial charge in [-0.15, -0.1) is 0 Å². The molecule has 2 saturated heterocycles. The predicted molar refractivity (Wildman–Crippen MR) is 170 cm³/mol. The molecule has 35 heavy (non-hydrogen) atoms. The van der Waals surface area contributed by atoms with Gasteiger partial charge in [-0.1, -0.05) is 50.2 Å². The second kappa shape index (κ2) is 7.64. The van der Waals surface area contributed by atoms with Gasteiger partial charge < -0.3 is 0 Å². The summed E-state index contributed by atoms with van der Waals surface area (Å²) in [5.41, 5.74) is 3.59. The van der Waals surface area contributed by atoms with E-state index in [9.17, 15) is 0 Å². The van der Waals surface area contributed by atoms with Crippen LogP contribution in [0.15, 0.2) is 46.1 Å². The first-order valence-corrected chi connectivity index (χ1v) is 23.4. The van der Waals surface area contributed by atoms with Crippen LogP contribution in [-0.2, 0) is 0 Å². The first-order valence-electron chi connectivity index (χ1n) is 13.6. The van der Waals surface area contributed by atoms with Gasteiger partial charge in [0.2, 0.25) is 0 Å². The number of allylic oxidation sites excluding steroid dienone is 8. The molecule has 0 bridgehead atoms. The first kappa shape index (κ1) is 28.2. The third-order valence-electron chi connectivity index (χ3n) is 10.2. The summed E-state index contributed by atoms with van der Waals surface area (Å²) < 4.78 is 6.18. The third-order valence-corrected chi connectivity index (χ3v) is 31.0. The predicted octanol–water partition coefficient (Wildman–Crippen LogP) is 8.50. The molecule has 2 fully saturated rings. The van der Waals surface area contributed by atoms with Gasteiger partial charge in [0, 0.05) is 11.1 Å². The Hall–Kier alpha value is 0.174. The summed E-state index contributed by atoms with van der Waals surface area (Å²) in [6.45, 7) is 41.0. The Labute approximate surface area is 222 Å². The molecule has 0 aromatic rings. The van der Waals surface area contributed by atoms with E-state index in [1.165, 1.54) is 11.1 Å². The molecule has 4 atom stereocenters. The second-order valence-corrected chi connectivity index (χ2v) is 29.2. The Morgan fingerprint density at radius 3 is 1.17 bits per heavy atom. The summed E-state index contributed by atoms with van der Waals surface area (Å²) in [6.07, 6.45) is 10.9. The molecule has 2 aliphatic carbocycles. The zero-order valence-corrected chi connectivity index (χ0v) is 29.9. The van der Waals surface area contributed by atoms with Crippen LogP contribution in [0.3, 0.4) is 0 Å². The molecule has 0 N–H and O–H groups in total. The summed E-state index contributed by atoms with van der Waals surface area (Å²) in [5, 5.41) is 4.02. The molecule has 6 heteroatoms. The van der Waals surface area contributed by atoms with E-state index in [-0.39, 0.29) is 26.6 Å². The van der Waals surface area contributed by atoms with Crippen LogP contribution in [0.2, 0.25) is 23.2 Å². The van der Waals surface area contributed by atoms with Crippen LogP contribution < -0.4 is 0 Å². The molecule has 4 unspecified atom stereocenters. The standard InChI is InChI=1S/C29H54N2P2Si2/c1-21-17-23-28(19-21,34(15)30(25(3,4)5)32(23,11)12)27(9,10)29-20-22(2)18-24(29)33(13,14)31(35(29)16)26(6,7)8/h17-20,34-35H,1-16H3/q+2. The summed E-state index contributed by atoms with van der Waals surface area (Å²) in [6, 6.07) is 0. The van der Waals surface area contributed by atoms with E-state index >= 15 is 0 Å². The van der Waals surface area contributed by atoms with E-state index < -0.39 is 32.7 Å². The average Bonchev–Trinajstić information content (AvgIpc) is 3.26. The van der Waals surface area contributed by atoms with Gasteiger partial charge in [-0.2, -0.15) is 8.67 Å². The number of nitrogens with zero attached hydrogens (tertiary/aromatic N) is 2. The topological polar surface area (TPSA) is 6.48 Å². The molecule has 0 aromatic heterocycles. The van der Waals surface area contributed by atoms with Gasteiger partial charge in [0.1, 0.15) is 0 Å². The van der Waals surface area contributed by atoms with Crippen LogP contribution >= 0.6 is 14.8 Å². The van der Waals surface area contributed by atoms with Crippen molar-refractivity contribution in [2.75, 3.05) is 26.7 Å². The lowest BCUT2D eigenvalue weighted by molar-refractivity contribution is 0.249. The van der Waals surface area contributed by atoms with E-state index in [0.29, 0.717) is 0 Å². The fourth-order valence-electron chi connectivity index (χ4n) is 10.0. The second-order valence-electron chi connectivity index (χ2n) is 15.4. The average molecular weight is 549 g/mol. The molecular weight excluding hydrogens is 494 g/mol. The van der Waals surface area contributed by atoms with Crippen molar-refractivity contribution < 1.29 is 0 Å². The van der Waals surface area contributed by atoms with Gasteiger partial charge in [0.05, 0.1) is 62.2 Å². The molecule has 4 aliphatic rings.